The van der Waals surface area contributed by atoms with E-state index in [0.717, 1.165) is 22.4 Å². The number of nitrogens with zero attached hydrogens (tertiary/aromatic N) is 1. The van der Waals surface area contributed by atoms with Crippen LogP contribution < -0.4 is 5.32 Å². The van der Waals surface area contributed by atoms with Gasteiger partial charge in [0.15, 0.2) is 0 Å². The summed E-state index contributed by atoms with van der Waals surface area (Å²) in [7, 11) is 0. The summed E-state index contributed by atoms with van der Waals surface area (Å²) < 4.78 is 0. The van der Waals surface area contributed by atoms with Crippen LogP contribution in [0.5, 0.6) is 0 Å². The molecular weight excluding hydrogens is 328 g/mol. The van der Waals surface area contributed by atoms with Crippen molar-refractivity contribution in [2.24, 2.45) is 0 Å². The van der Waals surface area contributed by atoms with E-state index in [9.17, 15) is 10.1 Å². The van der Waals surface area contributed by atoms with Crippen LogP contribution in [0.4, 0.5) is 11.4 Å². The Balaban J connectivity index is 1.94. The van der Waals surface area contributed by atoms with Crippen LogP contribution in [-0.2, 0) is 6.42 Å². The van der Waals surface area contributed by atoms with Crippen molar-refractivity contribution in [2.75, 3.05) is 11.9 Å². The lowest BCUT2D eigenvalue weighted by atomic mass is 9.97. The zero-order valence-corrected chi connectivity index (χ0v) is 14.2. The molecule has 0 aliphatic carbocycles. The first-order valence-corrected chi connectivity index (χ1v) is 8.43. The number of anilines is 1. The SMILES string of the molecule is O=[N+]([O-])c1cccc(C(Nc2ccc(CCO)cc2)c2ccccc2)c1. The first-order valence-electron chi connectivity index (χ1n) is 8.43. The summed E-state index contributed by atoms with van der Waals surface area (Å²) in [6.07, 6.45) is 0.618. The lowest BCUT2D eigenvalue weighted by Gasteiger charge is -2.21. The van der Waals surface area contributed by atoms with Crippen LogP contribution >= 0.6 is 0 Å². The van der Waals surface area contributed by atoms with Gasteiger partial charge in [-0.3, -0.25) is 10.1 Å². The molecule has 5 heteroatoms. The molecule has 0 heterocycles. The molecule has 0 amide bonds. The van der Waals surface area contributed by atoms with E-state index in [1.54, 1.807) is 12.1 Å². The molecule has 0 bridgehead atoms. The van der Waals surface area contributed by atoms with Crippen LogP contribution in [0, 0.1) is 10.1 Å². The number of aliphatic hydroxyl groups is 1. The maximum Gasteiger partial charge on any atom is 0.269 e. The highest BCUT2D eigenvalue weighted by atomic mass is 16.6. The van der Waals surface area contributed by atoms with Gasteiger partial charge in [0.05, 0.1) is 11.0 Å². The minimum atomic E-state index is -0.380. The summed E-state index contributed by atoms with van der Waals surface area (Å²) in [5.74, 6) is 0. The highest BCUT2D eigenvalue weighted by molar-refractivity contribution is 5.51. The summed E-state index contributed by atoms with van der Waals surface area (Å²) >= 11 is 0. The predicted octanol–water partition coefficient (Wildman–Crippen LogP) is 4.33. The van der Waals surface area contributed by atoms with E-state index >= 15 is 0 Å². The second kappa shape index (κ2) is 8.27. The van der Waals surface area contributed by atoms with Crippen molar-refractivity contribution >= 4 is 11.4 Å². The van der Waals surface area contributed by atoms with Crippen LogP contribution in [-0.4, -0.2) is 16.6 Å². The van der Waals surface area contributed by atoms with Gasteiger partial charge in [-0.1, -0.05) is 54.6 Å². The average Bonchev–Trinajstić information content (AvgIpc) is 2.68. The molecule has 0 aromatic heterocycles. The molecule has 0 saturated carbocycles. The van der Waals surface area contributed by atoms with Gasteiger partial charge >= 0.3 is 0 Å². The molecule has 3 aromatic rings. The number of aliphatic hydroxyl groups excluding tert-OH is 1. The maximum atomic E-state index is 11.1. The monoisotopic (exact) mass is 348 g/mol. The smallest absolute Gasteiger partial charge is 0.269 e. The van der Waals surface area contributed by atoms with E-state index in [1.165, 1.54) is 6.07 Å². The van der Waals surface area contributed by atoms with Crippen molar-refractivity contribution in [1.29, 1.82) is 0 Å². The van der Waals surface area contributed by atoms with Gasteiger partial charge in [-0.25, -0.2) is 0 Å². The molecule has 0 aliphatic rings. The minimum Gasteiger partial charge on any atom is -0.396 e. The largest absolute Gasteiger partial charge is 0.396 e. The molecule has 3 rings (SSSR count). The average molecular weight is 348 g/mol. The maximum absolute atomic E-state index is 11.1. The van der Waals surface area contributed by atoms with E-state index in [-0.39, 0.29) is 23.3 Å². The molecule has 1 unspecified atom stereocenters. The lowest BCUT2D eigenvalue weighted by molar-refractivity contribution is -0.384. The van der Waals surface area contributed by atoms with Gasteiger partial charge in [0.1, 0.15) is 0 Å². The fraction of sp³-hybridized carbons (Fsp3) is 0.143. The van der Waals surface area contributed by atoms with E-state index in [1.807, 2.05) is 60.7 Å². The van der Waals surface area contributed by atoms with Gasteiger partial charge in [0.2, 0.25) is 0 Å². The fourth-order valence-electron chi connectivity index (χ4n) is 2.89. The molecule has 132 valence electrons. The van der Waals surface area contributed by atoms with Gasteiger partial charge in [-0.05, 0) is 35.2 Å². The number of non-ortho nitro benzene ring substituents is 1. The highest BCUT2D eigenvalue weighted by Crippen LogP contribution is 2.29. The Labute approximate surface area is 152 Å². The van der Waals surface area contributed by atoms with Crippen LogP contribution in [0.25, 0.3) is 0 Å². The zero-order valence-electron chi connectivity index (χ0n) is 14.2. The standard InChI is InChI=1S/C21H20N2O3/c24-14-13-16-9-11-19(12-10-16)22-21(17-5-2-1-3-6-17)18-7-4-8-20(15-18)23(25)26/h1-12,15,21-22,24H,13-14H2. The Morgan fingerprint density at radius 3 is 2.27 bits per heavy atom. The third-order valence-corrected chi connectivity index (χ3v) is 4.21. The first-order chi connectivity index (χ1) is 12.7. The van der Waals surface area contributed by atoms with Gasteiger partial charge in [0.25, 0.3) is 5.69 Å². The number of benzene rings is 3. The van der Waals surface area contributed by atoms with Gasteiger partial charge in [0, 0.05) is 24.4 Å². The molecule has 0 saturated heterocycles. The molecular formula is C21H20N2O3. The molecule has 0 spiro atoms. The van der Waals surface area contributed by atoms with E-state index in [4.69, 9.17) is 5.11 Å². The first kappa shape index (κ1) is 17.6. The molecule has 5 nitrogen and oxygen atoms in total. The molecule has 1 atom stereocenters. The van der Waals surface area contributed by atoms with Crippen molar-refractivity contribution < 1.29 is 10.0 Å². The van der Waals surface area contributed by atoms with Gasteiger partial charge < -0.3 is 10.4 Å². The molecule has 0 radical (unpaired) electrons. The quantitative estimate of drug-likeness (QED) is 0.492. The summed E-state index contributed by atoms with van der Waals surface area (Å²) in [6.45, 7) is 0.118. The van der Waals surface area contributed by atoms with Crippen LogP contribution in [0.15, 0.2) is 78.9 Å². The van der Waals surface area contributed by atoms with Crippen LogP contribution in [0.3, 0.4) is 0 Å². The van der Waals surface area contributed by atoms with Crippen LogP contribution in [0.2, 0.25) is 0 Å². The third-order valence-electron chi connectivity index (χ3n) is 4.21. The van der Waals surface area contributed by atoms with Crippen molar-refractivity contribution in [3.05, 3.63) is 106 Å². The van der Waals surface area contributed by atoms with Crippen molar-refractivity contribution in [2.45, 2.75) is 12.5 Å². The number of nitrogens with one attached hydrogen (secondary N) is 1. The van der Waals surface area contributed by atoms with Crippen molar-refractivity contribution in [3.8, 4) is 0 Å². The Bertz CT molecular complexity index is 864. The summed E-state index contributed by atoms with van der Waals surface area (Å²) in [6, 6.07) is 24.2. The number of hydrogen-bond acceptors (Lipinski definition) is 4. The van der Waals surface area contributed by atoms with Gasteiger partial charge in [-0.15, -0.1) is 0 Å². The normalized spacial score (nSPS) is 11.7. The van der Waals surface area contributed by atoms with Crippen molar-refractivity contribution in [3.63, 3.8) is 0 Å². The zero-order chi connectivity index (χ0) is 18.4. The number of nitro groups is 1. The molecule has 0 fully saturated rings. The van der Waals surface area contributed by atoms with E-state index < -0.39 is 0 Å². The molecule has 0 aliphatic heterocycles. The van der Waals surface area contributed by atoms with Crippen molar-refractivity contribution in [1.82, 2.24) is 0 Å². The van der Waals surface area contributed by atoms with E-state index in [2.05, 4.69) is 5.32 Å². The Morgan fingerprint density at radius 1 is 0.923 bits per heavy atom. The molecule has 26 heavy (non-hydrogen) atoms. The second-order valence-corrected chi connectivity index (χ2v) is 6.01. The summed E-state index contributed by atoms with van der Waals surface area (Å²) in [5, 5.41) is 23.6. The molecule has 2 N–H and O–H groups in total. The lowest BCUT2D eigenvalue weighted by Crippen LogP contribution is -2.12. The summed E-state index contributed by atoms with van der Waals surface area (Å²) in [4.78, 5) is 10.8. The third kappa shape index (κ3) is 4.26. The van der Waals surface area contributed by atoms with E-state index in [0.29, 0.717) is 6.42 Å². The highest BCUT2D eigenvalue weighted by Gasteiger charge is 2.17. The fourth-order valence-corrected chi connectivity index (χ4v) is 2.89. The number of hydrogen-bond donors (Lipinski definition) is 2. The number of nitro benzene ring substituents is 1. The topological polar surface area (TPSA) is 75.4 Å². The summed E-state index contributed by atoms with van der Waals surface area (Å²) in [5.41, 5.74) is 3.89. The number of rotatable bonds is 7. The van der Waals surface area contributed by atoms with Gasteiger partial charge in [-0.2, -0.15) is 0 Å². The Morgan fingerprint density at radius 2 is 1.62 bits per heavy atom. The Hall–Kier alpha value is -3.18. The predicted molar refractivity (Wildman–Crippen MR) is 102 cm³/mol. The Kier molecular flexibility index (Phi) is 5.61. The van der Waals surface area contributed by atoms with Crippen LogP contribution in [0.1, 0.15) is 22.7 Å². The molecule has 3 aromatic carbocycles. The second-order valence-electron chi connectivity index (χ2n) is 6.01. The minimum absolute atomic E-state index is 0.0727.